The third kappa shape index (κ3) is 5.83. The zero-order valence-electron chi connectivity index (χ0n) is 18.2. The van der Waals surface area contributed by atoms with Gasteiger partial charge in [0.1, 0.15) is 5.76 Å². The van der Waals surface area contributed by atoms with Crippen LogP contribution in [0.2, 0.25) is 0 Å². The van der Waals surface area contributed by atoms with E-state index in [1.165, 1.54) is 16.9 Å². The number of nitrogens with zero attached hydrogens (tertiary/aromatic N) is 2. The summed E-state index contributed by atoms with van der Waals surface area (Å²) in [7, 11) is 0. The Balaban J connectivity index is 1.23. The van der Waals surface area contributed by atoms with Gasteiger partial charge in [-0.15, -0.1) is 11.3 Å². The van der Waals surface area contributed by atoms with Crippen LogP contribution in [0.3, 0.4) is 0 Å². The molecule has 4 rings (SSSR count). The van der Waals surface area contributed by atoms with Crippen molar-refractivity contribution in [3.8, 4) is 10.8 Å². The lowest BCUT2D eigenvalue weighted by Gasteiger charge is -2.30. The summed E-state index contributed by atoms with van der Waals surface area (Å²) < 4.78 is 5.59. The summed E-state index contributed by atoms with van der Waals surface area (Å²) in [6, 6.07) is 11.8. The van der Waals surface area contributed by atoms with E-state index < -0.39 is 0 Å². The Bertz CT molecular complexity index is 1070. The van der Waals surface area contributed by atoms with Gasteiger partial charge in [-0.25, -0.2) is 4.98 Å². The number of benzene rings is 1. The minimum atomic E-state index is -0.176. The van der Waals surface area contributed by atoms with E-state index in [2.05, 4.69) is 15.2 Å². The molecule has 2 amide bonds. The van der Waals surface area contributed by atoms with Crippen LogP contribution in [0.1, 0.15) is 29.9 Å². The predicted octanol–water partition coefficient (Wildman–Crippen LogP) is 3.63. The fraction of sp³-hybridized carbons (Fsp3) is 0.375. The van der Waals surface area contributed by atoms with E-state index in [4.69, 9.17) is 10.2 Å². The van der Waals surface area contributed by atoms with Gasteiger partial charge in [0, 0.05) is 23.5 Å². The zero-order valence-corrected chi connectivity index (χ0v) is 19.0. The summed E-state index contributed by atoms with van der Waals surface area (Å²) in [5.41, 5.74) is 8.13. The summed E-state index contributed by atoms with van der Waals surface area (Å²) >= 11 is 1.47. The number of carbonyl (C=O) groups is 2. The average molecular weight is 453 g/mol. The molecule has 2 aromatic heterocycles. The van der Waals surface area contributed by atoms with E-state index in [1.54, 1.807) is 0 Å². The molecule has 0 spiro atoms. The maximum atomic E-state index is 12.4. The fourth-order valence-electron chi connectivity index (χ4n) is 3.90. The third-order valence-corrected chi connectivity index (χ3v) is 6.69. The number of carbonyl (C=O) groups excluding carboxylic acids is 2. The molecule has 3 heterocycles. The Labute approximate surface area is 191 Å². The van der Waals surface area contributed by atoms with Crippen molar-refractivity contribution in [3.05, 3.63) is 58.8 Å². The van der Waals surface area contributed by atoms with Gasteiger partial charge in [-0.05, 0) is 69.1 Å². The standard InChI is InChI=1S/C24H28N4O3S/c1-16-2-7-21(31-16)24-27-20(15-32-24)14-22(29)26-19-5-3-17(4-6-19)8-11-28-12-9-18(10-13-28)23(25)30/h2-7,15,18H,8-14H2,1H3,(H2,25,30)(H,26,29). The number of aromatic nitrogens is 1. The summed E-state index contributed by atoms with van der Waals surface area (Å²) in [5.74, 6) is 1.32. The molecule has 0 atom stereocenters. The molecule has 1 aliphatic rings. The molecule has 0 radical (unpaired) electrons. The maximum absolute atomic E-state index is 12.4. The van der Waals surface area contributed by atoms with E-state index in [1.807, 2.05) is 48.7 Å². The number of piperidine rings is 1. The van der Waals surface area contributed by atoms with Crippen LogP contribution in [0.25, 0.3) is 10.8 Å². The summed E-state index contributed by atoms with van der Waals surface area (Å²) in [6.45, 7) is 4.68. The topological polar surface area (TPSA) is 101 Å². The molecule has 168 valence electrons. The van der Waals surface area contributed by atoms with E-state index in [9.17, 15) is 9.59 Å². The van der Waals surface area contributed by atoms with E-state index in [-0.39, 0.29) is 24.2 Å². The molecule has 3 N–H and O–H groups in total. The molecule has 0 saturated carbocycles. The molecule has 1 aliphatic heterocycles. The summed E-state index contributed by atoms with van der Waals surface area (Å²) in [6.07, 6.45) is 2.85. The highest BCUT2D eigenvalue weighted by Crippen LogP contribution is 2.26. The number of amides is 2. The van der Waals surface area contributed by atoms with Crippen molar-refractivity contribution in [3.63, 3.8) is 0 Å². The highest BCUT2D eigenvalue weighted by Gasteiger charge is 2.22. The Morgan fingerprint density at radius 3 is 2.59 bits per heavy atom. The van der Waals surface area contributed by atoms with Crippen LogP contribution < -0.4 is 11.1 Å². The van der Waals surface area contributed by atoms with Gasteiger partial charge in [-0.3, -0.25) is 9.59 Å². The van der Waals surface area contributed by atoms with Crippen LogP contribution in [0, 0.1) is 12.8 Å². The SMILES string of the molecule is Cc1ccc(-c2nc(CC(=O)Nc3ccc(CCN4CCC(C(N)=O)CC4)cc3)cs2)o1. The van der Waals surface area contributed by atoms with Gasteiger partial charge in [0.15, 0.2) is 10.8 Å². The Morgan fingerprint density at radius 1 is 1.19 bits per heavy atom. The van der Waals surface area contributed by atoms with Crippen molar-refractivity contribution in [2.75, 3.05) is 25.0 Å². The van der Waals surface area contributed by atoms with Gasteiger partial charge in [-0.1, -0.05) is 12.1 Å². The van der Waals surface area contributed by atoms with Gasteiger partial charge in [0.05, 0.1) is 12.1 Å². The minimum absolute atomic E-state index is 0.0272. The second-order valence-corrected chi connectivity index (χ2v) is 9.10. The smallest absolute Gasteiger partial charge is 0.230 e. The number of rotatable bonds is 8. The van der Waals surface area contributed by atoms with Crippen molar-refractivity contribution in [2.45, 2.75) is 32.6 Å². The van der Waals surface area contributed by atoms with Crippen LogP contribution in [0.4, 0.5) is 5.69 Å². The van der Waals surface area contributed by atoms with E-state index in [0.29, 0.717) is 0 Å². The van der Waals surface area contributed by atoms with Gasteiger partial charge in [0.2, 0.25) is 11.8 Å². The van der Waals surface area contributed by atoms with Gasteiger partial charge in [-0.2, -0.15) is 0 Å². The van der Waals surface area contributed by atoms with Crippen molar-refractivity contribution < 1.29 is 14.0 Å². The first-order valence-electron chi connectivity index (χ1n) is 10.9. The van der Waals surface area contributed by atoms with Gasteiger partial charge in [0.25, 0.3) is 0 Å². The number of thiazole rings is 1. The predicted molar refractivity (Wildman–Crippen MR) is 125 cm³/mol. The number of hydrogen-bond donors (Lipinski definition) is 2. The van der Waals surface area contributed by atoms with Crippen LogP contribution in [0.5, 0.6) is 0 Å². The molecule has 0 aliphatic carbocycles. The number of furan rings is 1. The number of anilines is 1. The highest BCUT2D eigenvalue weighted by atomic mass is 32.1. The lowest BCUT2D eigenvalue weighted by atomic mass is 9.96. The average Bonchev–Trinajstić information content (AvgIpc) is 3.42. The Kier molecular flexibility index (Phi) is 7.02. The molecule has 8 heteroatoms. The van der Waals surface area contributed by atoms with Crippen LogP contribution >= 0.6 is 11.3 Å². The quantitative estimate of drug-likeness (QED) is 0.543. The number of likely N-dealkylation sites (tertiary alicyclic amines) is 1. The summed E-state index contributed by atoms with van der Waals surface area (Å²) in [5, 5.41) is 5.61. The molecular weight excluding hydrogens is 424 g/mol. The molecular formula is C24H28N4O3S. The molecule has 3 aromatic rings. The normalized spacial score (nSPS) is 15.0. The van der Waals surface area contributed by atoms with Crippen molar-refractivity contribution in [2.24, 2.45) is 11.7 Å². The molecule has 0 bridgehead atoms. The van der Waals surface area contributed by atoms with Crippen LogP contribution in [-0.4, -0.2) is 41.3 Å². The van der Waals surface area contributed by atoms with Crippen LogP contribution in [-0.2, 0) is 22.4 Å². The third-order valence-electron chi connectivity index (χ3n) is 5.79. The highest BCUT2D eigenvalue weighted by molar-refractivity contribution is 7.13. The summed E-state index contributed by atoms with van der Waals surface area (Å²) in [4.78, 5) is 30.6. The lowest BCUT2D eigenvalue weighted by Crippen LogP contribution is -2.39. The second kappa shape index (κ2) is 10.1. The number of aryl methyl sites for hydroxylation is 1. The maximum Gasteiger partial charge on any atom is 0.230 e. The number of nitrogens with two attached hydrogens (primary N) is 1. The lowest BCUT2D eigenvalue weighted by molar-refractivity contribution is -0.123. The number of nitrogens with one attached hydrogen (secondary N) is 1. The first-order chi connectivity index (χ1) is 15.5. The second-order valence-electron chi connectivity index (χ2n) is 8.24. The van der Waals surface area contributed by atoms with E-state index in [0.717, 1.165) is 66.8 Å². The first-order valence-corrected chi connectivity index (χ1v) is 11.8. The van der Waals surface area contributed by atoms with E-state index >= 15 is 0 Å². The fourth-order valence-corrected chi connectivity index (χ4v) is 4.68. The van der Waals surface area contributed by atoms with Crippen molar-refractivity contribution in [1.29, 1.82) is 0 Å². The minimum Gasteiger partial charge on any atom is -0.459 e. The van der Waals surface area contributed by atoms with Crippen molar-refractivity contribution >= 4 is 28.8 Å². The van der Waals surface area contributed by atoms with Crippen LogP contribution in [0.15, 0.2) is 46.2 Å². The van der Waals surface area contributed by atoms with Gasteiger partial charge >= 0.3 is 0 Å². The van der Waals surface area contributed by atoms with Gasteiger partial charge < -0.3 is 20.4 Å². The van der Waals surface area contributed by atoms with Crippen molar-refractivity contribution in [1.82, 2.24) is 9.88 Å². The first kappa shape index (κ1) is 22.2. The molecule has 1 saturated heterocycles. The molecule has 0 unspecified atom stereocenters. The number of hydrogen-bond acceptors (Lipinski definition) is 6. The zero-order chi connectivity index (χ0) is 22.5. The number of primary amides is 1. The molecule has 1 aromatic carbocycles. The Morgan fingerprint density at radius 2 is 1.94 bits per heavy atom. The largest absolute Gasteiger partial charge is 0.459 e. The molecule has 32 heavy (non-hydrogen) atoms. The molecule has 7 nitrogen and oxygen atoms in total. The monoisotopic (exact) mass is 452 g/mol. The molecule has 1 fully saturated rings. The Hall–Kier alpha value is -2.97.